The van der Waals surface area contributed by atoms with Crippen LogP contribution in [-0.2, 0) is 6.61 Å². The molecule has 0 fully saturated rings. The van der Waals surface area contributed by atoms with E-state index in [1.54, 1.807) is 25.3 Å². The summed E-state index contributed by atoms with van der Waals surface area (Å²) in [5.74, 6) is 1.04. The molecule has 0 aliphatic rings. The quantitative estimate of drug-likeness (QED) is 0.529. The Morgan fingerprint density at radius 1 is 1.19 bits per heavy atom. The Bertz CT molecular complexity index is 754. The van der Waals surface area contributed by atoms with Gasteiger partial charge in [-0.3, -0.25) is 4.79 Å². The molecule has 0 radical (unpaired) electrons. The van der Waals surface area contributed by atoms with Crippen LogP contribution in [0.5, 0.6) is 11.5 Å². The van der Waals surface area contributed by atoms with E-state index in [9.17, 15) is 4.79 Å². The second kappa shape index (κ2) is 10.0. The summed E-state index contributed by atoms with van der Waals surface area (Å²) >= 11 is 0. The van der Waals surface area contributed by atoms with Crippen LogP contribution in [0, 0.1) is 5.41 Å². The molecule has 1 unspecified atom stereocenters. The van der Waals surface area contributed by atoms with Crippen molar-refractivity contribution in [1.82, 2.24) is 5.32 Å². The molecule has 2 rings (SSSR count). The topological polar surface area (TPSA) is 71.4 Å². The number of carbonyl (C=O) groups is 1. The molecule has 2 aromatic carbocycles. The van der Waals surface area contributed by atoms with E-state index in [2.05, 4.69) is 5.32 Å². The SMILES string of the molecule is C/C=C\CC(C=N)NC(=O)c1ccccc1OCc1ccc(OC)cc1. The zero-order valence-electron chi connectivity index (χ0n) is 15.1. The van der Waals surface area contributed by atoms with E-state index in [1.807, 2.05) is 49.4 Å². The van der Waals surface area contributed by atoms with E-state index in [-0.39, 0.29) is 11.9 Å². The van der Waals surface area contributed by atoms with Gasteiger partial charge in [0, 0.05) is 6.21 Å². The fourth-order valence-electron chi connectivity index (χ4n) is 2.36. The Kier molecular flexibility index (Phi) is 7.43. The zero-order chi connectivity index (χ0) is 18.8. The first-order chi connectivity index (χ1) is 12.7. The lowest BCUT2D eigenvalue weighted by Gasteiger charge is -2.15. The van der Waals surface area contributed by atoms with Gasteiger partial charge in [0.15, 0.2) is 0 Å². The lowest BCUT2D eigenvalue weighted by molar-refractivity contribution is 0.0943. The van der Waals surface area contributed by atoms with Crippen molar-refractivity contribution in [3.05, 3.63) is 71.8 Å². The summed E-state index contributed by atoms with van der Waals surface area (Å²) in [6, 6.07) is 14.3. The maximum Gasteiger partial charge on any atom is 0.255 e. The Morgan fingerprint density at radius 3 is 2.58 bits per heavy atom. The number of ether oxygens (including phenoxy) is 2. The minimum Gasteiger partial charge on any atom is -0.497 e. The normalized spacial score (nSPS) is 11.8. The molecular weight excluding hydrogens is 328 g/mol. The van der Waals surface area contributed by atoms with Crippen LogP contribution in [0.2, 0.25) is 0 Å². The number of para-hydroxylation sites is 1. The van der Waals surface area contributed by atoms with Crippen molar-refractivity contribution in [3.63, 3.8) is 0 Å². The molecule has 0 aliphatic heterocycles. The number of benzene rings is 2. The van der Waals surface area contributed by atoms with Crippen molar-refractivity contribution >= 4 is 12.1 Å². The first kappa shape index (κ1) is 19.2. The third kappa shape index (κ3) is 5.48. The number of methoxy groups -OCH3 is 1. The molecule has 0 spiro atoms. The van der Waals surface area contributed by atoms with Crippen LogP contribution in [-0.4, -0.2) is 25.3 Å². The number of nitrogens with one attached hydrogen (secondary N) is 2. The van der Waals surface area contributed by atoms with Crippen molar-refractivity contribution in [2.45, 2.75) is 26.0 Å². The summed E-state index contributed by atoms with van der Waals surface area (Å²) in [4.78, 5) is 12.6. The van der Waals surface area contributed by atoms with E-state index in [4.69, 9.17) is 14.9 Å². The average Bonchev–Trinajstić information content (AvgIpc) is 2.70. The predicted molar refractivity (Wildman–Crippen MR) is 103 cm³/mol. The molecule has 2 N–H and O–H groups in total. The van der Waals surface area contributed by atoms with Gasteiger partial charge in [0.2, 0.25) is 0 Å². The standard InChI is InChI=1S/C21H24N2O3/c1-3-4-7-17(14-22)23-21(24)19-8-5-6-9-20(19)26-15-16-10-12-18(25-2)13-11-16/h3-6,8-14,17,22H,7,15H2,1-2H3,(H,23,24)/b4-3-,22-14?. The molecule has 2 aromatic rings. The van der Waals surface area contributed by atoms with Gasteiger partial charge in [-0.05, 0) is 43.2 Å². The largest absolute Gasteiger partial charge is 0.497 e. The van der Waals surface area contributed by atoms with Crippen molar-refractivity contribution in [2.75, 3.05) is 7.11 Å². The van der Waals surface area contributed by atoms with Crippen LogP contribution in [0.1, 0.15) is 29.3 Å². The van der Waals surface area contributed by atoms with Crippen LogP contribution >= 0.6 is 0 Å². The van der Waals surface area contributed by atoms with Gasteiger partial charge in [-0.25, -0.2) is 0 Å². The van der Waals surface area contributed by atoms with Crippen LogP contribution in [0.4, 0.5) is 0 Å². The van der Waals surface area contributed by atoms with Crippen LogP contribution in [0.25, 0.3) is 0 Å². The lowest BCUT2D eigenvalue weighted by Crippen LogP contribution is -2.35. The molecule has 0 heterocycles. The number of allylic oxidation sites excluding steroid dienone is 1. The van der Waals surface area contributed by atoms with E-state index in [0.29, 0.717) is 24.3 Å². The Balaban J connectivity index is 2.05. The highest BCUT2D eigenvalue weighted by atomic mass is 16.5. The minimum atomic E-state index is -0.339. The Hall–Kier alpha value is -3.08. The third-order valence-electron chi connectivity index (χ3n) is 3.83. The van der Waals surface area contributed by atoms with E-state index < -0.39 is 0 Å². The number of hydrogen-bond donors (Lipinski definition) is 2. The molecule has 136 valence electrons. The van der Waals surface area contributed by atoms with Crippen LogP contribution in [0.3, 0.4) is 0 Å². The van der Waals surface area contributed by atoms with Crippen molar-refractivity contribution in [2.24, 2.45) is 0 Å². The highest BCUT2D eigenvalue weighted by Crippen LogP contribution is 2.20. The summed E-state index contributed by atoms with van der Waals surface area (Å²) in [5, 5.41) is 10.3. The monoisotopic (exact) mass is 352 g/mol. The van der Waals surface area contributed by atoms with Crippen molar-refractivity contribution in [3.8, 4) is 11.5 Å². The summed E-state index contributed by atoms with van der Waals surface area (Å²) in [6.07, 6.45) is 5.63. The fourth-order valence-corrected chi connectivity index (χ4v) is 2.36. The van der Waals surface area contributed by atoms with Crippen molar-refractivity contribution in [1.29, 1.82) is 5.41 Å². The summed E-state index contributed by atoms with van der Waals surface area (Å²) in [7, 11) is 1.62. The van der Waals surface area contributed by atoms with Gasteiger partial charge in [-0.1, -0.05) is 36.4 Å². The van der Waals surface area contributed by atoms with Crippen molar-refractivity contribution < 1.29 is 14.3 Å². The molecule has 5 heteroatoms. The highest BCUT2D eigenvalue weighted by molar-refractivity contribution is 5.98. The number of hydrogen-bond acceptors (Lipinski definition) is 4. The van der Waals surface area contributed by atoms with Gasteiger partial charge >= 0.3 is 0 Å². The second-order valence-corrected chi connectivity index (χ2v) is 5.68. The Morgan fingerprint density at radius 2 is 1.92 bits per heavy atom. The average molecular weight is 352 g/mol. The molecule has 0 saturated carbocycles. The zero-order valence-corrected chi connectivity index (χ0v) is 15.1. The van der Waals surface area contributed by atoms with Gasteiger partial charge in [0.1, 0.15) is 18.1 Å². The van der Waals surface area contributed by atoms with E-state index >= 15 is 0 Å². The molecule has 5 nitrogen and oxygen atoms in total. The predicted octanol–water partition coefficient (Wildman–Crippen LogP) is 3.99. The number of rotatable bonds is 9. The van der Waals surface area contributed by atoms with Gasteiger partial charge < -0.3 is 20.2 Å². The maximum absolute atomic E-state index is 12.6. The smallest absolute Gasteiger partial charge is 0.255 e. The first-order valence-electron chi connectivity index (χ1n) is 8.45. The molecule has 0 aliphatic carbocycles. The molecule has 0 saturated heterocycles. The summed E-state index contributed by atoms with van der Waals surface area (Å²) in [6.45, 7) is 2.26. The molecule has 26 heavy (non-hydrogen) atoms. The minimum absolute atomic E-state index is 0.256. The maximum atomic E-state index is 12.6. The molecule has 0 aromatic heterocycles. The molecule has 0 bridgehead atoms. The Labute approximate surface area is 154 Å². The fraction of sp³-hybridized carbons (Fsp3) is 0.238. The summed E-state index contributed by atoms with van der Waals surface area (Å²) in [5.41, 5.74) is 1.43. The highest BCUT2D eigenvalue weighted by Gasteiger charge is 2.15. The second-order valence-electron chi connectivity index (χ2n) is 5.68. The lowest BCUT2D eigenvalue weighted by atomic mass is 10.1. The van der Waals surface area contributed by atoms with Gasteiger partial charge in [-0.15, -0.1) is 0 Å². The summed E-state index contributed by atoms with van der Waals surface area (Å²) < 4.78 is 11.0. The van der Waals surface area contributed by atoms with E-state index in [1.165, 1.54) is 6.21 Å². The van der Waals surface area contributed by atoms with Gasteiger partial charge in [0.05, 0.1) is 18.7 Å². The third-order valence-corrected chi connectivity index (χ3v) is 3.83. The molecular formula is C21H24N2O3. The molecule has 1 amide bonds. The van der Waals surface area contributed by atoms with Crippen LogP contribution in [0.15, 0.2) is 60.7 Å². The van der Waals surface area contributed by atoms with E-state index in [0.717, 1.165) is 11.3 Å². The number of amides is 1. The number of carbonyl (C=O) groups excluding carboxylic acids is 1. The van der Waals surface area contributed by atoms with Crippen LogP contribution < -0.4 is 14.8 Å². The molecule has 1 atom stereocenters. The first-order valence-corrected chi connectivity index (χ1v) is 8.45. The van der Waals surface area contributed by atoms with Gasteiger partial charge in [-0.2, -0.15) is 0 Å². The van der Waals surface area contributed by atoms with Gasteiger partial charge in [0.25, 0.3) is 5.91 Å².